The van der Waals surface area contributed by atoms with Gasteiger partial charge in [0, 0.05) is 37.8 Å². The third-order valence-electron chi connectivity index (χ3n) is 7.37. The Morgan fingerprint density at radius 2 is 1.85 bits per heavy atom. The number of likely N-dealkylation sites (tertiary alicyclic amines) is 1. The van der Waals surface area contributed by atoms with Crippen molar-refractivity contribution in [1.82, 2.24) is 19.4 Å². The van der Waals surface area contributed by atoms with E-state index in [-0.39, 0.29) is 45.7 Å². The fourth-order valence-corrected chi connectivity index (χ4v) is 5.32. The highest BCUT2D eigenvalue weighted by atomic mass is 35.5. The summed E-state index contributed by atoms with van der Waals surface area (Å²) in [6, 6.07) is 4.54. The highest BCUT2D eigenvalue weighted by molar-refractivity contribution is 6.33. The van der Waals surface area contributed by atoms with Crippen molar-refractivity contribution in [2.45, 2.75) is 58.2 Å². The monoisotopic (exact) mass is 573 g/mol. The minimum Gasteiger partial charge on any atom is -0.347 e. The number of rotatable bonds is 6. The van der Waals surface area contributed by atoms with E-state index in [9.17, 15) is 23.6 Å². The Morgan fingerprint density at radius 3 is 2.55 bits per heavy atom. The van der Waals surface area contributed by atoms with E-state index in [4.69, 9.17) is 11.6 Å². The van der Waals surface area contributed by atoms with Gasteiger partial charge < -0.3 is 15.5 Å². The molecule has 0 spiro atoms. The molecule has 0 bridgehead atoms. The van der Waals surface area contributed by atoms with Crippen molar-refractivity contribution in [3.05, 3.63) is 73.4 Å². The van der Waals surface area contributed by atoms with Gasteiger partial charge in [-0.15, -0.1) is 0 Å². The molecule has 3 amide bonds. The predicted molar refractivity (Wildman–Crippen MR) is 148 cm³/mol. The van der Waals surface area contributed by atoms with E-state index in [1.165, 1.54) is 26.2 Å². The smallest absolute Gasteiger partial charge is 0.331 e. The van der Waals surface area contributed by atoms with Crippen molar-refractivity contribution in [1.29, 1.82) is 0 Å². The normalized spacial score (nSPS) is 17.4. The summed E-state index contributed by atoms with van der Waals surface area (Å²) in [6.45, 7) is 4.39. The van der Waals surface area contributed by atoms with E-state index in [1.807, 2.05) is 0 Å². The summed E-state index contributed by atoms with van der Waals surface area (Å²) < 4.78 is 31.4. The number of hydrogen-bond acceptors (Lipinski definition) is 4. The van der Waals surface area contributed by atoms with Gasteiger partial charge in [-0.2, -0.15) is 0 Å². The van der Waals surface area contributed by atoms with E-state index in [2.05, 4.69) is 10.6 Å². The summed E-state index contributed by atoms with van der Waals surface area (Å²) in [4.78, 5) is 53.6. The van der Waals surface area contributed by atoms with Crippen LogP contribution in [-0.4, -0.2) is 45.1 Å². The SMILES string of the molecule is CC(C)n1c(=O)n(CC2CC2)c(=O)c2cc(NC(=O)N3CCC[C@@H](NC(=O)c4cc(F)ccc4Cl)C3)c(F)cc21. The Labute approximate surface area is 233 Å². The maximum absolute atomic E-state index is 15.2. The second-order valence-corrected chi connectivity index (χ2v) is 11.2. The van der Waals surface area contributed by atoms with E-state index < -0.39 is 40.9 Å². The largest absolute Gasteiger partial charge is 0.347 e. The van der Waals surface area contributed by atoms with Crippen molar-refractivity contribution in [3.63, 3.8) is 0 Å². The van der Waals surface area contributed by atoms with Crippen LogP contribution in [0.2, 0.25) is 5.02 Å². The van der Waals surface area contributed by atoms with E-state index in [0.29, 0.717) is 25.9 Å². The first-order valence-corrected chi connectivity index (χ1v) is 13.7. The minimum atomic E-state index is -0.781. The molecular formula is C28H30ClF2N5O4. The van der Waals surface area contributed by atoms with Crippen LogP contribution in [0.1, 0.15) is 55.9 Å². The molecule has 2 aliphatic rings. The van der Waals surface area contributed by atoms with Gasteiger partial charge in [-0.25, -0.2) is 18.4 Å². The van der Waals surface area contributed by atoms with Gasteiger partial charge in [-0.05, 0) is 69.7 Å². The quantitative estimate of drug-likeness (QED) is 0.452. The fourth-order valence-electron chi connectivity index (χ4n) is 5.12. The van der Waals surface area contributed by atoms with Crippen LogP contribution in [-0.2, 0) is 6.54 Å². The molecule has 0 radical (unpaired) electrons. The highest BCUT2D eigenvalue weighted by Gasteiger charge is 2.28. The molecule has 1 aromatic heterocycles. The van der Waals surface area contributed by atoms with Crippen LogP contribution in [0, 0.1) is 17.6 Å². The lowest BCUT2D eigenvalue weighted by Crippen LogP contribution is -2.50. The van der Waals surface area contributed by atoms with Gasteiger partial charge in [0.2, 0.25) is 0 Å². The number of benzene rings is 2. The fraction of sp³-hybridized carbons (Fsp3) is 0.429. The Morgan fingerprint density at radius 1 is 1.10 bits per heavy atom. The zero-order valence-electron chi connectivity index (χ0n) is 22.2. The maximum atomic E-state index is 15.2. The summed E-state index contributed by atoms with van der Waals surface area (Å²) in [5, 5.41) is 5.58. The van der Waals surface area contributed by atoms with Crippen LogP contribution < -0.4 is 21.9 Å². The molecule has 1 aliphatic carbocycles. The van der Waals surface area contributed by atoms with Gasteiger partial charge >= 0.3 is 11.7 Å². The number of carbonyl (C=O) groups excluding carboxylic acids is 2. The molecule has 1 atom stereocenters. The average Bonchev–Trinajstić information content (AvgIpc) is 3.73. The number of aromatic nitrogens is 2. The molecule has 2 fully saturated rings. The van der Waals surface area contributed by atoms with Crippen molar-refractivity contribution < 1.29 is 18.4 Å². The van der Waals surface area contributed by atoms with Gasteiger partial charge in [0.15, 0.2) is 0 Å². The zero-order chi connectivity index (χ0) is 28.7. The molecule has 9 nitrogen and oxygen atoms in total. The number of urea groups is 1. The maximum Gasteiger partial charge on any atom is 0.331 e. The Kier molecular flexibility index (Phi) is 7.67. The first kappa shape index (κ1) is 27.8. The van der Waals surface area contributed by atoms with Crippen LogP contribution in [0.25, 0.3) is 10.9 Å². The lowest BCUT2D eigenvalue weighted by Gasteiger charge is -2.33. The number of carbonyl (C=O) groups is 2. The van der Waals surface area contributed by atoms with Gasteiger partial charge in [-0.3, -0.25) is 18.7 Å². The first-order chi connectivity index (χ1) is 19.0. The van der Waals surface area contributed by atoms with Gasteiger partial charge in [0.1, 0.15) is 11.6 Å². The Hall–Kier alpha value is -3.73. The number of nitrogens with zero attached hydrogens (tertiary/aromatic N) is 3. The minimum absolute atomic E-state index is 0.00584. The van der Waals surface area contributed by atoms with Crippen LogP contribution in [0.5, 0.6) is 0 Å². The topological polar surface area (TPSA) is 105 Å². The lowest BCUT2D eigenvalue weighted by molar-refractivity contribution is 0.0912. The predicted octanol–water partition coefficient (Wildman–Crippen LogP) is 4.51. The van der Waals surface area contributed by atoms with Gasteiger partial charge in [-0.1, -0.05) is 11.6 Å². The van der Waals surface area contributed by atoms with Crippen LogP contribution in [0.15, 0.2) is 39.9 Å². The van der Waals surface area contributed by atoms with Crippen LogP contribution in [0.4, 0.5) is 19.3 Å². The van der Waals surface area contributed by atoms with E-state index >= 15 is 4.39 Å². The van der Waals surface area contributed by atoms with Crippen molar-refractivity contribution in [3.8, 4) is 0 Å². The number of halogens is 3. The number of amides is 3. The van der Waals surface area contributed by atoms with E-state index in [0.717, 1.165) is 31.0 Å². The zero-order valence-corrected chi connectivity index (χ0v) is 22.9. The lowest BCUT2D eigenvalue weighted by atomic mass is 10.1. The standard InChI is InChI=1S/C28H30ClF2N5O4/c1-15(2)36-24-12-22(31)23(11-20(24)26(38)35(28(36)40)13-16-5-6-16)33-27(39)34-9-3-4-18(14-34)32-25(37)19-10-17(30)7-8-21(19)29/h7-8,10-12,15-16,18H,3-6,9,13-14H2,1-2H3,(H,32,37)(H,33,39)/t18-/m1/s1. The summed E-state index contributed by atoms with van der Waals surface area (Å²) in [5.41, 5.74) is -1.01. The third kappa shape index (κ3) is 5.60. The number of fused-ring (bicyclic) bond motifs is 1. The molecule has 1 saturated carbocycles. The van der Waals surface area contributed by atoms with Crippen molar-refractivity contribution in [2.75, 3.05) is 18.4 Å². The number of nitrogens with one attached hydrogen (secondary N) is 2. The second kappa shape index (κ2) is 11.0. The molecule has 2 heterocycles. The third-order valence-corrected chi connectivity index (χ3v) is 7.70. The second-order valence-electron chi connectivity index (χ2n) is 10.8. The number of anilines is 1. The molecule has 2 aromatic carbocycles. The summed E-state index contributed by atoms with van der Waals surface area (Å²) in [7, 11) is 0. The Bertz CT molecular complexity index is 1610. The van der Waals surface area contributed by atoms with E-state index in [1.54, 1.807) is 13.8 Å². The molecule has 2 N–H and O–H groups in total. The number of hydrogen-bond donors (Lipinski definition) is 2. The molecule has 3 aromatic rings. The molecule has 212 valence electrons. The highest BCUT2D eigenvalue weighted by Crippen LogP contribution is 2.30. The first-order valence-electron chi connectivity index (χ1n) is 13.3. The Balaban J connectivity index is 1.36. The number of piperidine rings is 1. The molecule has 12 heteroatoms. The van der Waals surface area contributed by atoms with Crippen molar-refractivity contribution in [2.24, 2.45) is 5.92 Å². The average molecular weight is 574 g/mol. The molecule has 40 heavy (non-hydrogen) atoms. The van der Waals surface area contributed by atoms with Crippen LogP contribution >= 0.6 is 11.6 Å². The summed E-state index contributed by atoms with van der Waals surface area (Å²) in [5.74, 6) is -1.67. The molecule has 5 rings (SSSR count). The van der Waals surface area contributed by atoms with Gasteiger partial charge in [0.05, 0.1) is 27.2 Å². The summed E-state index contributed by atoms with van der Waals surface area (Å²) >= 11 is 6.04. The van der Waals surface area contributed by atoms with Gasteiger partial charge in [0.25, 0.3) is 11.5 Å². The van der Waals surface area contributed by atoms with Crippen molar-refractivity contribution >= 4 is 40.1 Å². The summed E-state index contributed by atoms with van der Waals surface area (Å²) in [6.07, 6.45) is 3.05. The molecular weight excluding hydrogens is 544 g/mol. The molecule has 0 unspecified atom stereocenters. The molecule has 1 aliphatic heterocycles. The van der Waals surface area contributed by atoms with Crippen LogP contribution in [0.3, 0.4) is 0 Å². The molecule has 1 saturated heterocycles.